The second-order valence-corrected chi connectivity index (χ2v) is 10.6. The summed E-state index contributed by atoms with van der Waals surface area (Å²) in [7, 11) is 0. The van der Waals surface area contributed by atoms with Crippen molar-refractivity contribution in [3.63, 3.8) is 0 Å². The van der Waals surface area contributed by atoms with Crippen LogP contribution in [0.3, 0.4) is 0 Å². The Hall–Kier alpha value is -4.50. The molecule has 38 heavy (non-hydrogen) atoms. The number of benzene rings is 4. The number of allylic oxidation sites excluding steroid dienone is 4. The molecule has 3 heteroatoms. The Morgan fingerprint density at radius 3 is 1.68 bits per heavy atom. The summed E-state index contributed by atoms with van der Waals surface area (Å²) in [5, 5.41) is 0. The van der Waals surface area contributed by atoms with Crippen LogP contribution >= 0.6 is 0 Å². The van der Waals surface area contributed by atoms with Crippen molar-refractivity contribution in [2.24, 2.45) is 10.4 Å². The summed E-state index contributed by atoms with van der Waals surface area (Å²) in [6, 6.07) is 37.7. The zero-order chi connectivity index (χ0) is 26.7. The van der Waals surface area contributed by atoms with Gasteiger partial charge < -0.3 is 4.90 Å². The molecule has 0 unspecified atom stereocenters. The molecule has 0 amide bonds. The van der Waals surface area contributed by atoms with E-state index in [2.05, 4.69) is 111 Å². The minimum atomic E-state index is -0.233. The van der Waals surface area contributed by atoms with Crippen LogP contribution in [-0.2, 0) is 4.79 Å². The summed E-state index contributed by atoms with van der Waals surface area (Å²) >= 11 is 0. The highest BCUT2D eigenvalue weighted by molar-refractivity contribution is 6.22. The van der Waals surface area contributed by atoms with Crippen LogP contribution in [-0.4, -0.2) is 11.5 Å². The van der Waals surface area contributed by atoms with E-state index in [1.54, 1.807) is 0 Å². The molecule has 0 N–H and O–H groups in total. The van der Waals surface area contributed by atoms with Gasteiger partial charge in [-0.15, -0.1) is 0 Å². The number of hydrogen-bond donors (Lipinski definition) is 0. The van der Waals surface area contributed by atoms with Crippen molar-refractivity contribution in [1.29, 1.82) is 0 Å². The molecule has 0 atom stereocenters. The zero-order valence-electron chi connectivity index (χ0n) is 22.3. The number of nitrogens with zero attached hydrogens (tertiary/aromatic N) is 2. The fourth-order valence-corrected chi connectivity index (χ4v) is 4.66. The number of aliphatic imine (C=N–C) groups is 1. The smallest absolute Gasteiger partial charge is 0.185 e. The predicted octanol–water partition coefficient (Wildman–Crippen LogP) is 9.40. The largest absolute Gasteiger partial charge is 0.311 e. The van der Waals surface area contributed by atoms with E-state index in [1.165, 1.54) is 11.1 Å². The maximum absolute atomic E-state index is 12.7. The van der Waals surface area contributed by atoms with Gasteiger partial charge in [0.25, 0.3) is 0 Å². The van der Waals surface area contributed by atoms with Crippen LogP contribution in [0, 0.1) is 5.41 Å². The van der Waals surface area contributed by atoms with Crippen molar-refractivity contribution in [2.45, 2.75) is 27.7 Å². The van der Waals surface area contributed by atoms with Gasteiger partial charge in [0.05, 0.1) is 11.4 Å². The summed E-state index contributed by atoms with van der Waals surface area (Å²) in [5.74, 6) is 0.101. The topological polar surface area (TPSA) is 32.7 Å². The lowest BCUT2D eigenvalue weighted by atomic mass is 9.79. The van der Waals surface area contributed by atoms with Crippen LogP contribution < -0.4 is 4.90 Å². The number of carbonyl (C=O) groups is 1. The number of carbonyl (C=O) groups excluding carboxylic acids is 1. The Morgan fingerprint density at radius 2 is 1.11 bits per heavy atom. The summed E-state index contributed by atoms with van der Waals surface area (Å²) in [6.07, 6.45) is 3.80. The molecule has 0 heterocycles. The molecule has 1 aliphatic rings. The Morgan fingerprint density at radius 1 is 0.605 bits per heavy atom. The Labute approximate surface area is 225 Å². The van der Waals surface area contributed by atoms with E-state index in [0.29, 0.717) is 0 Å². The number of para-hydroxylation sites is 1. The summed E-state index contributed by atoms with van der Waals surface area (Å²) in [4.78, 5) is 19.8. The summed E-state index contributed by atoms with van der Waals surface area (Å²) < 4.78 is 0. The highest BCUT2D eigenvalue weighted by atomic mass is 16.1. The van der Waals surface area contributed by atoms with Gasteiger partial charge in [0.2, 0.25) is 0 Å². The molecule has 0 fully saturated rings. The minimum absolute atomic E-state index is 0.101. The zero-order valence-corrected chi connectivity index (χ0v) is 22.3. The first-order chi connectivity index (χ1) is 18.3. The second-order valence-electron chi connectivity index (χ2n) is 10.6. The molecule has 0 aliphatic heterocycles. The average molecular weight is 497 g/mol. The van der Waals surface area contributed by atoms with Crippen molar-refractivity contribution >= 4 is 34.2 Å². The standard InChI is InChI=1S/C35H32N2O/c1-25-23-29(24-33(34(25)38)35(2,3)4)36-28-17-21-32(22-18-28)37(30-13-9-6-10-14-30)31-19-15-27(16-20-31)26-11-7-5-8-12-26/h5-24H,1-4H3. The molecule has 3 nitrogen and oxygen atoms in total. The third-order valence-electron chi connectivity index (χ3n) is 6.68. The third kappa shape index (κ3) is 5.42. The number of Topliss-reactive ketones (excluding diaryl/α,β-unsaturated/α-hetero) is 1. The third-order valence-corrected chi connectivity index (χ3v) is 6.68. The molecule has 0 spiro atoms. The Balaban J connectivity index is 1.48. The minimum Gasteiger partial charge on any atom is -0.311 e. The van der Waals surface area contributed by atoms with Gasteiger partial charge in [-0.25, -0.2) is 4.99 Å². The van der Waals surface area contributed by atoms with Crippen LogP contribution in [0.5, 0.6) is 0 Å². The normalized spacial score (nSPS) is 14.7. The first kappa shape index (κ1) is 25.2. The van der Waals surface area contributed by atoms with Gasteiger partial charge >= 0.3 is 0 Å². The number of ketones is 1. The van der Waals surface area contributed by atoms with Crippen LogP contribution in [0.25, 0.3) is 11.1 Å². The fourth-order valence-electron chi connectivity index (χ4n) is 4.66. The monoisotopic (exact) mass is 496 g/mol. The van der Waals surface area contributed by atoms with Gasteiger partial charge in [-0.2, -0.15) is 0 Å². The first-order valence-corrected chi connectivity index (χ1v) is 12.9. The fraction of sp³-hybridized carbons (Fsp3) is 0.143. The molecule has 0 aromatic heterocycles. The number of hydrogen-bond acceptors (Lipinski definition) is 3. The quantitative estimate of drug-likeness (QED) is 0.258. The van der Waals surface area contributed by atoms with Crippen LogP contribution in [0.1, 0.15) is 27.7 Å². The lowest BCUT2D eigenvalue weighted by Crippen LogP contribution is -2.23. The van der Waals surface area contributed by atoms with E-state index in [-0.39, 0.29) is 11.2 Å². The van der Waals surface area contributed by atoms with Crippen molar-refractivity contribution in [3.8, 4) is 11.1 Å². The lowest BCUT2D eigenvalue weighted by molar-refractivity contribution is -0.113. The van der Waals surface area contributed by atoms with E-state index in [9.17, 15) is 4.79 Å². The van der Waals surface area contributed by atoms with Crippen molar-refractivity contribution < 1.29 is 4.79 Å². The van der Waals surface area contributed by atoms with E-state index in [1.807, 2.05) is 43.3 Å². The molecule has 0 radical (unpaired) electrons. The average Bonchev–Trinajstić information content (AvgIpc) is 2.93. The summed E-state index contributed by atoms with van der Waals surface area (Å²) in [5.41, 5.74) is 8.53. The Bertz CT molecular complexity index is 1520. The predicted molar refractivity (Wildman–Crippen MR) is 160 cm³/mol. The maximum Gasteiger partial charge on any atom is 0.185 e. The molecule has 5 rings (SSSR count). The number of rotatable bonds is 5. The lowest BCUT2D eigenvalue weighted by Gasteiger charge is -2.26. The summed E-state index contributed by atoms with van der Waals surface area (Å²) in [6.45, 7) is 8.05. The highest BCUT2D eigenvalue weighted by Gasteiger charge is 2.27. The molecular weight excluding hydrogens is 464 g/mol. The van der Waals surface area contributed by atoms with Crippen LogP contribution in [0.15, 0.2) is 137 Å². The van der Waals surface area contributed by atoms with Gasteiger partial charge in [-0.3, -0.25) is 4.79 Å². The van der Waals surface area contributed by atoms with Crippen LogP contribution in [0.2, 0.25) is 0 Å². The van der Waals surface area contributed by atoms with Crippen molar-refractivity contribution in [3.05, 3.63) is 132 Å². The Kier molecular flexibility index (Phi) is 6.93. The van der Waals surface area contributed by atoms with Crippen molar-refractivity contribution in [2.75, 3.05) is 4.90 Å². The van der Waals surface area contributed by atoms with E-state index in [0.717, 1.165) is 39.6 Å². The molecular formula is C35H32N2O. The van der Waals surface area contributed by atoms with Gasteiger partial charge in [0.1, 0.15) is 0 Å². The van der Waals surface area contributed by atoms with Crippen molar-refractivity contribution in [1.82, 2.24) is 0 Å². The SMILES string of the molecule is CC1=CC(=Nc2ccc(N(c3ccccc3)c3ccc(-c4ccccc4)cc3)cc2)C=C(C(C)(C)C)C1=O. The van der Waals surface area contributed by atoms with Gasteiger partial charge in [0.15, 0.2) is 5.78 Å². The van der Waals surface area contributed by atoms with Gasteiger partial charge in [0, 0.05) is 22.6 Å². The molecule has 1 aliphatic carbocycles. The molecule has 0 saturated carbocycles. The van der Waals surface area contributed by atoms with E-state index < -0.39 is 0 Å². The molecule has 4 aromatic carbocycles. The van der Waals surface area contributed by atoms with Gasteiger partial charge in [-0.1, -0.05) is 81.4 Å². The molecule has 0 bridgehead atoms. The maximum atomic E-state index is 12.7. The van der Waals surface area contributed by atoms with E-state index in [4.69, 9.17) is 4.99 Å². The molecule has 0 saturated heterocycles. The van der Waals surface area contributed by atoms with Crippen LogP contribution in [0.4, 0.5) is 22.7 Å². The highest BCUT2D eigenvalue weighted by Crippen LogP contribution is 2.36. The second kappa shape index (κ2) is 10.5. The first-order valence-electron chi connectivity index (χ1n) is 12.9. The molecule has 4 aromatic rings. The molecule has 188 valence electrons. The number of anilines is 3. The van der Waals surface area contributed by atoms with Gasteiger partial charge in [-0.05, 0) is 89.7 Å². The van der Waals surface area contributed by atoms with E-state index >= 15 is 0 Å².